The molecule has 0 spiro atoms. The first-order chi connectivity index (χ1) is 13.4. The molecule has 1 amide bonds. The number of amides is 1. The number of H-pyrrole nitrogens is 1. The summed E-state index contributed by atoms with van der Waals surface area (Å²) in [6.45, 7) is 2.15. The Morgan fingerprint density at radius 3 is 2.93 bits per heavy atom. The van der Waals surface area contributed by atoms with Crippen LogP contribution in [0.4, 0.5) is 20.7 Å². The molecular formula is C18H15ClFN5O3. The van der Waals surface area contributed by atoms with Gasteiger partial charge in [-0.15, -0.1) is 0 Å². The van der Waals surface area contributed by atoms with E-state index < -0.39 is 18.0 Å². The third-order valence-electron chi connectivity index (χ3n) is 4.43. The highest BCUT2D eigenvalue weighted by Gasteiger charge is 2.28. The Kier molecular flexibility index (Phi) is 4.60. The van der Waals surface area contributed by atoms with Crippen LogP contribution in [0.5, 0.6) is 0 Å². The number of rotatable bonds is 4. The molecule has 2 N–H and O–H groups in total. The zero-order valence-corrected chi connectivity index (χ0v) is 15.5. The second-order valence-corrected chi connectivity index (χ2v) is 6.71. The fraction of sp³-hybridized carbons (Fsp3) is 0.222. The SMILES string of the molecule is C[C@H](Nc1nccc(N2CCOC2=O)c1F)c1cc2cc(Cl)cnc2[nH]c1=O. The normalized spacial score (nSPS) is 15.0. The number of aromatic nitrogens is 3. The minimum atomic E-state index is -0.699. The van der Waals surface area contributed by atoms with E-state index >= 15 is 0 Å². The Labute approximate surface area is 163 Å². The number of halogens is 2. The van der Waals surface area contributed by atoms with Crippen LogP contribution < -0.4 is 15.8 Å². The Morgan fingerprint density at radius 2 is 2.18 bits per heavy atom. The molecule has 10 heteroatoms. The van der Waals surface area contributed by atoms with Crippen molar-refractivity contribution in [2.45, 2.75) is 13.0 Å². The number of aromatic amines is 1. The van der Waals surface area contributed by atoms with E-state index in [1.807, 2.05) is 0 Å². The van der Waals surface area contributed by atoms with Crippen LogP contribution >= 0.6 is 11.6 Å². The van der Waals surface area contributed by atoms with Gasteiger partial charge in [-0.2, -0.15) is 0 Å². The van der Waals surface area contributed by atoms with Gasteiger partial charge in [-0.25, -0.2) is 19.2 Å². The quantitative estimate of drug-likeness (QED) is 0.693. The van der Waals surface area contributed by atoms with Gasteiger partial charge in [0.25, 0.3) is 5.56 Å². The molecule has 3 aromatic heterocycles. The molecule has 0 aliphatic carbocycles. The number of hydrogen-bond acceptors (Lipinski definition) is 6. The second-order valence-electron chi connectivity index (χ2n) is 6.27. The van der Waals surface area contributed by atoms with Gasteiger partial charge >= 0.3 is 6.09 Å². The van der Waals surface area contributed by atoms with Gasteiger partial charge in [-0.3, -0.25) is 9.69 Å². The molecule has 144 valence electrons. The average molecular weight is 404 g/mol. The van der Waals surface area contributed by atoms with E-state index in [1.165, 1.54) is 23.4 Å². The topological polar surface area (TPSA) is 100 Å². The number of carbonyl (C=O) groups excluding carboxylic acids is 1. The van der Waals surface area contributed by atoms with Crippen LogP contribution in [0.3, 0.4) is 0 Å². The second kappa shape index (κ2) is 7.08. The highest BCUT2D eigenvalue weighted by atomic mass is 35.5. The maximum absolute atomic E-state index is 14.9. The Hall–Kier alpha value is -3.20. The van der Waals surface area contributed by atoms with E-state index in [-0.39, 0.29) is 30.2 Å². The summed E-state index contributed by atoms with van der Waals surface area (Å²) in [5.41, 5.74) is 0.477. The minimum absolute atomic E-state index is 0.0654. The average Bonchev–Trinajstić information content (AvgIpc) is 3.09. The first kappa shape index (κ1) is 18.2. The first-order valence-electron chi connectivity index (χ1n) is 8.48. The zero-order valence-electron chi connectivity index (χ0n) is 14.7. The molecule has 28 heavy (non-hydrogen) atoms. The van der Waals surface area contributed by atoms with Crippen molar-refractivity contribution in [3.63, 3.8) is 0 Å². The van der Waals surface area contributed by atoms with Crippen LogP contribution in [0.1, 0.15) is 18.5 Å². The smallest absolute Gasteiger partial charge is 0.414 e. The molecule has 4 rings (SSSR count). The lowest BCUT2D eigenvalue weighted by Crippen LogP contribution is -2.25. The lowest BCUT2D eigenvalue weighted by molar-refractivity contribution is 0.181. The lowest BCUT2D eigenvalue weighted by atomic mass is 10.1. The fourth-order valence-corrected chi connectivity index (χ4v) is 3.21. The van der Waals surface area contributed by atoms with E-state index in [4.69, 9.17) is 16.3 Å². The number of fused-ring (bicyclic) bond motifs is 1. The van der Waals surface area contributed by atoms with Gasteiger partial charge in [0.2, 0.25) is 0 Å². The number of hydrogen-bond donors (Lipinski definition) is 2. The maximum Gasteiger partial charge on any atom is 0.414 e. The van der Waals surface area contributed by atoms with E-state index in [9.17, 15) is 14.0 Å². The van der Waals surface area contributed by atoms with Crippen LogP contribution in [0.15, 0.2) is 35.4 Å². The molecule has 1 saturated heterocycles. The summed E-state index contributed by atoms with van der Waals surface area (Å²) in [7, 11) is 0. The highest BCUT2D eigenvalue weighted by Crippen LogP contribution is 2.28. The van der Waals surface area contributed by atoms with Crippen molar-refractivity contribution in [2.75, 3.05) is 23.4 Å². The van der Waals surface area contributed by atoms with Crippen LogP contribution in [0.25, 0.3) is 11.0 Å². The Morgan fingerprint density at radius 1 is 1.36 bits per heavy atom. The number of ether oxygens (including phenoxy) is 1. The van der Waals surface area contributed by atoms with Gasteiger partial charge in [-0.1, -0.05) is 11.6 Å². The van der Waals surface area contributed by atoms with Gasteiger partial charge < -0.3 is 15.0 Å². The van der Waals surface area contributed by atoms with Crippen molar-refractivity contribution in [2.24, 2.45) is 0 Å². The lowest BCUT2D eigenvalue weighted by Gasteiger charge is -2.18. The molecule has 4 heterocycles. The van der Waals surface area contributed by atoms with Gasteiger partial charge in [0.1, 0.15) is 12.3 Å². The molecule has 1 aliphatic rings. The number of cyclic esters (lactones) is 1. The van der Waals surface area contributed by atoms with Crippen molar-refractivity contribution in [3.8, 4) is 0 Å². The minimum Gasteiger partial charge on any atom is -0.447 e. The third kappa shape index (κ3) is 3.24. The van der Waals surface area contributed by atoms with Crippen LogP contribution in [-0.4, -0.2) is 34.2 Å². The van der Waals surface area contributed by atoms with Crippen molar-refractivity contribution in [1.29, 1.82) is 0 Å². The van der Waals surface area contributed by atoms with E-state index in [2.05, 4.69) is 20.3 Å². The predicted molar refractivity (Wildman–Crippen MR) is 102 cm³/mol. The van der Waals surface area contributed by atoms with Crippen molar-refractivity contribution >= 4 is 40.2 Å². The number of nitrogens with one attached hydrogen (secondary N) is 2. The predicted octanol–water partition coefficient (Wildman–Crippen LogP) is 3.24. The summed E-state index contributed by atoms with van der Waals surface area (Å²) in [6.07, 6.45) is 2.21. The van der Waals surface area contributed by atoms with Crippen LogP contribution in [0, 0.1) is 5.82 Å². The molecule has 0 saturated carbocycles. The van der Waals surface area contributed by atoms with Gasteiger partial charge in [0.05, 0.1) is 23.3 Å². The van der Waals surface area contributed by atoms with Crippen LogP contribution in [-0.2, 0) is 4.74 Å². The molecule has 8 nitrogen and oxygen atoms in total. The molecule has 0 radical (unpaired) electrons. The molecule has 0 aromatic carbocycles. The fourth-order valence-electron chi connectivity index (χ4n) is 3.04. The number of anilines is 2. The third-order valence-corrected chi connectivity index (χ3v) is 4.64. The largest absolute Gasteiger partial charge is 0.447 e. The van der Waals surface area contributed by atoms with Crippen molar-refractivity contribution in [1.82, 2.24) is 15.0 Å². The van der Waals surface area contributed by atoms with E-state index in [0.29, 0.717) is 21.6 Å². The van der Waals surface area contributed by atoms with Crippen molar-refractivity contribution in [3.05, 3.63) is 57.3 Å². The van der Waals surface area contributed by atoms with Gasteiger partial charge in [0.15, 0.2) is 11.6 Å². The summed E-state index contributed by atoms with van der Waals surface area (Å²) in [6, 6.07) is 4.14. The Bertz CT molecular complexity index is 1140. The number of carbonyl (C=O) groups is 1. The maximum atomic E-state index is 14.9. The van der Waals surface area contributed by atoms with Crippen molar-refractivity contribution < 1.29 is 13.9 Å². The summed E-state index contributed by atoms with van der Waals surface area (Å²) < 4.78 is 19.7. The first-order valence-corrected chi connectivity index (χ1v) is 8.85. The Balaban J connectivity index is 1.66. The molecule has 0 bridgehead atoms. The standard InChI is InChI=1S/C18H15ClFN5O3/c1-9(12-7-10-6-11(19)8-22-15(10)24-17(12)26)23-16-14(20)13(2-3-21-16)25-4-5-28-18(25)27/h2-3,6-9H,4-5H2,1H3,(H,21,23)(H,22,24,26)/t9-/m0/s1. The summed E-state index contributed by atoms with van der Waals surface area (Å²) in [5, 5.41) is 3.97. The molecule has 0 unspecified atom stereocenters. The summed E-state index contributed by atoms with van der Waals surface area (Å²) >= 11 is 5.96. The molecular weight excluding hydrogens is 389 g/mol. The molecule has 1 fully saturated rings. The highest BCUT2D eigenvalue weighted by molar-refractivity contribution is 6.31. The number of pyridine rings is 3. The molecule has 3 aromatic rings. The summed E-state index contributed by atoms with van der Waals surface area (Å²) in [5.74, 6) is -0.774. The molecule has 1 aliphatic heterocycles. The van der Waals surface area contributed by atoms with Gasteiger partial charge in [0, 0.05) is 23.3 Å². The van der Waals surface area contributed by atoms with E-state index in [1.54, 1.807) is 19.1 Å². The molecule has 1 atom stereocenters. The van der Waals surface area contributed by atoms with E-state index in [0.717, 1.165) is 0 Å². The zero-order chi connectivity index (χ0) is 19.8. The number of nitrogens with zero attached hydrogens (tertiary/aromatic N) is 3. The van der Waals surface area contributed by atoms with Gasteiger partial charge in [-0.05, 0) is 25.1 Å². The monoisotopic (exact) mass is 403 g/mol. The summed E-state index contributed by atoms with van der Waals surface area (Å²) in [4.78, 5) is 36.1. The van der Waals surface area contributed by atoms with Crippen LogP contribution in [0.2, 0.25) is 5.02 Å².